The number of benzene rings is 4. The fourth-order valence-electron chi connectivity index (χ4n) is 8.38. The lowest BCUT2D eigenvalue weighted by Gasteiger charge is -2.34. The van der Waals surface area contributed by atoms with Crippen LogP contribution in [0.5, 0.6) is 23.0 Å². The van der Waals surface area contributed by atoms with Crippen molar-refractivity contribution in [1.82, 2.24) is 39.5 Å². The Morgan fingerprint density at radius 1 is 0.762 bits per heavy atom. The third-order valence-corrected chi connectivity index (χ3v) is 11.5. The Balaban J connectivity index is 0.871. The molecule has 0 radical (unpaired) electrons. The number of aromatic nitrogens is 6. The van der Waals surface area contributed by atoms with Crippen LogP contribution in [0.25, 0.3) is 22.3 Å². The summed E-state index contributed by atoms with van der Waals surface area (Å²) in [6, 6.07) is 34.5. The summed E-state index contributed by atoms with van der Waals surface area (Å²) in [5.74, 6) is 4.19. The van der Waals surface area contributed by atoms with Crippen molar-refractivity contribution in [2.24, 2.45) is 0 Å². The molecule has 2 aliphatic rings. The molecule has 2 fully saturated rings. The SMILES string of the molecule is CN1CCCC(n2nc(-c3ccc(Oc4ccccc4)cc3)c3c(NCCC(=O)N4CCCC(Nc5ncnc(N)c5C(=N)c5ccc(Oc6ccccc6)cc5)C4)ncnc32)C1. The number of likely N-dealkylation sites (N-methyl/N-ethyl adjacent to an activating group) is 1. The Kier molecular flexibility index (Phi) is 12.2. The van der Waals surface area contributed by atoms with Crippen molar-refractivity contribution in [1.29, 1.82) is 5.41 Å². The number of amides is 1. The summed E-state index contributed by atoms with van der Waals surface area (Å²) in [6.07, 6.45) is 6.95. The second-order valence-corrected chi connectivity index (χ2v) is 16.0. The van der Waals surface area contributed by atoms with Gasteiger partial charge in [0.05, 0.1) is 22.7 Å². The van der Waals surface area contributed by atoms with Gasteiger partial charge in [-0.2, -0.15) is 5.10 Å². The molecule has 4 aromatic carbocycles. The Morgan fingerprint density at radius 2 is 1.40 bits per heavy atom. The number of hydrogen-bond acceptors (Lipinski definition) is 13. The van der Waals surface area contributed by atoms with Gasteiger partial charge in [-0.05, 0) is 112 Å². The maximum Gasteiger partial charge on any atom is 0.224 e. The molecule has 3 aromatic heterocycles. The van der Waals surface area contributed by atoms with Crippen LogP contribution < -0.4 is 25.8 Å². The molecule has 1 amide bonds. The van der Waals surface area contributed by atoms with E-state index in [1.807, 2.05) is 114 Å². The van der Waals surface area contributed by atoms with E-state index in [2.05, 4.69) is 42.2 Å². The van der Waals surface area contributed by atoms with E-state index in [-0.39, 0.29) is 35.9 Å². The van der Waals surface area contributed by atoms with Crippen LogP contribution in [-0.4, -0.2) is 96.9 Å². The molecule has 0 spiro atoms. The van der Waals surface area contributed by atoms with Gasteiger partial charge >= 0.3 is 0 Å². The number of nitrogens with zero attached hydrogens (tertiary/aromatic N) is 8. The maximum atomic E-state index is 13.8. The molecule has 9 rings (SSSR count). The topological polar surface area (TPSA) is 185 Å². The summed E-state index contributed by atoms with van der Waals surface area (Å²) in [5.41, 5.74) is 10.1. The van der Waals surface area contributed by atoms with Gasteiger partial charge in [0.15, 0.2) is 5.65 Å². The number of nitrogens with two attached hydrogens (primary N) is 1. The highest BCUT2D eigenvalue weighted by molar-refractivity contribution is 6.16. The van der Waals surface area contributed by atoms with Gasteiger partial charge in [-0.3, -0.25) is 10.2 Å². The van der Waals surface area contributed by atoms with Crippen molar-refractivity contribution >= 4 is 40.1 Å². The number of rotatable bonds is 14. The normalized spacial score (nSPS) is 16.7. The number of hydrogen-bond donors (Lipinski definition) is 4. The van der Waals surface area contributed by atoms with Gasteiger partial charge in [-0.25, -0.2) is 24.6 Å². The summed E-state index contributed by atoms with van der Waals surface area (Å²) in [7, 11) is 2.14. The number of carbonyl (C=O) groups excluding carboxylic acids is 1. The molecule has 2 atom stereocenters. The molecule has 0 aliphatic carbocycles. The Bertz CT molecular complexity index is 2680. The lowest BCUT2D eigenvalue weighted by Crippen LogP contribution is -2.45. The van der Waals surface area contributed by atoms with E-state index >= 15 is 0 Å². The first-order valence-corrected chi connectivity index (χ1v) is 21.4. The van der Waals surface area contributed by atoms with Crippen molar-refractivity contribution in [2.75, 3.05) is 56.1 Å². The monoisotopic (exact) mass is 842 g/mol. The van der Waals surface area contributed by atoms with E-state index in [4.69, 9.17) is 30.7 Å². The van der Waals surface area contributed by atoms with E-state index < -0.39 is 0 Å². The minimum atomic E-state index is -0.101. The predicted molar refractivity (Wildman–Crippen MR) is 245 cm³/mol. The second kappa shape index (κ2) is 18.7. The van der Waals surface area contributed by atoms with Gasteiger partial charge in [0.1, 0.15) is 58.8 Å². The lowest BCUT2D eigenvalue weighted by atomic mass is 10.0. The molecule has 2 unspecified atom stereocenters. The van der Waals surface area contributed by atoms with Gasteiger partial charge < -0.3 is 35.6 Å². The van der Waals surface area contributed by atoms with Gasteiger partial charge in [-0.15, -0.1) is 0 Å². The van der Waals surface area contributed by atoms with Crippen molar-refractivity contribution in [2.45, 2.75) is 44.2 Å². The molecule has 5 heterocycles. The highest BCUT2D eigenvalue weighted by Crippen LogP contribution is 2.36. The van der Waals surface area contributed by atoms with Crippen LogP contribution in [0.4, 0.5) is 17.5 Å². The zero-order valence-electron chi connectivity index (χ0n) is 35.2. The van der Waals surface area contributed by atoms with Crippen molar-refractivity contribution in [3.8, 4) is 34.3 Å². The minimum Gasteiger partial charge on any atom is -0.457 e. The minimum absolute atomic E-state index is 0.0300. The quantitative estimate of drug-likeness (QED) is 0.0774. The van der Waals surface area contributed by atoms with Gasteiger partial charge in [0.25, 0.3) is 0 Å². The van der Waals surface area contributed by atoms with E-state index in [1.54, 1.807) is 6.33 Å². The molecule has 15 heteroatoms. The molecule has 2 saturated heterocycles. The predicted octanol–water partition coefficient (Wildman–Crippen LogP) is 8.04. The smallest absolute Gasteiger partial charge is 0.224 e. The third-order valence-electron chi connectivity index (χ3n) is 11.5. The van der Waals surface area contributed by atoms with E-state index in [9.17, 15) is 4.79 Å². The Labute approximate surface area is 365 Å². The Hall–Kier alpha value is -7.39. The van der Waals surface area contributed by atoms with Crippen molar-refractivity contribution < 1.29 is 14.3 Å². The van der Waals surface area contributed by atoms with Crippen LogP contribution in [0.2, 0.25) is 0 Å². The number of nitrogens with one attached hydrogen (secondary N) is 3. The van der Waals surface area contributed by atoms with Crippen LogP contribution in [0, 0.1) is 5.41 Å². The van der Waals surface area contributed by atoms with Gasteiger partial charge in [0, 0.05) is 49.8 Å². The third kappa shape index (κ3) is 9.43. The van der Waals surface area contributed by atoms with Gasteiger partial charge in [-0.1, -0.05) is 36.4 Å². The molecular formula is C48H50N12O3. The van der Waals surface area contributed by atoms with Crippen LogP contribution in [-0.2, 0) is 4.79 Å². The second-order valence-electron chi connectivity index (χ2n) is 16.0. The number of nitrogen functional groups attached to an aromatic ring is 1. The highest BCUT2D eigenvalue weighted by atomic mass is 16.5. The molecule has 63 heavy (non-hydrogen) atoms. The molecule has 0 bridgehead atoms. The first kappa shape index (κ1) is 41.0. The molecule has 7 aromatic rings. The van der Waals surface area contributed by atoms with E-state index in [0.717, 1.165) is 78.3 Å². The molecule has 5 N–H and O–H groups in total. The van der Waals surface area contributed by atoms with Crippen LogP contribution in [0.1, 0.15) is 49.3 Å². The first-order valence-electron chi connectivity index (χ1n) is 21.4. The average molecular weight is 843 g/mol. The summed E-state index contributed by atoms with van der Waals surface area (Å²) in [6.45, 7) is 3.44. The summed E-state index contributed by atoms with van der Waals surface area (Å²) >= 11 is 0. The Morgan fingerprint density at radius 3 is 2.10 bits per heavy atom. The zero-order chi connectivity index (χ0) is 43.1. The number of piperidine rings is 2. The molecule has 0 saturated carbocycles. The molecule has 2 aliphatic heterocycles. The zero-order valence-corrected chi connectivity index (χ0v) is 35.2. The number of ether oxygens (including phenoxy) is 2. The van der Waals surface area contributed by atoms with Crippen LogP contribution >= 0.6 is 0 Å². The number of likely N-dealkylation sites (tertiary alicyclic amines) is 2. The number of carbonyl (C=O) groups is 1. The summed E-state index contributed by atoms with van der Waals surface area (Å²) in [5, 5.41) is 22.1. The molecule has 320 valence electrons. The van der Waals surface area contributed by atoms with Crippen molar-refractivity contribution in [3.63, 3.8) is 0 Å². The lowest BCUT2D eigenvalue weighted by molar-refractivity contribution is -0.131. The average Bonchev–Trinajstić information content (AvgIpc) is 3.71. The largest absolute Gasteiger partial charge is 0.457 e. The number of fused-ring (bicyclic) bond motifs is 1. The standard InChI is InChI=1S/C48H50N12O3/c1-58-26-9-11-35(29-58)60-48-42(44(57-60)33-18-22-39(23-19-33)63-37-14-6-3-7-15-37)46(53-31-55-48)51-25-24-40(61)59-27-8-10-34(28-59)56-47-41(45(50)52-30-54-47)43(49)32-16-20-38(21-17-32)62-36-12-4-2-5-13-36/h2-7,12-23,30-31,34-35,49H,8-11,24-29H2,1H3,(H,51,53,55)(H3,50,52,54,56). The van der Waals surface area contributed by atoms with Gasteiger partial charge in [0.2, 0.25) is 5.91 Å². The fraction of sp³-hybridized carbons (Fsp3) is 0.271. The summed E-state index contributed by atoms with van der Waals surface area (Å²) < 4.78 is 14.1. The van der Waals surface area contributed by atoms with E-state index in [0.29, 0.717) is 48.1 Å². The molecule has 15 nitrogen and oxygen atoms in total. The number of anilines is 3. The van der Waals surface area contributed by atoms with Crippen LogP contribution in [0.15, 0.2) is 122 Å². The number of para-hydroxylation sites is 2. The highest BCUT2D eigenvalue weighted by Gasteiger charge is 2.28. The van der Waals surface area contributed by atoms with E-state index in [1.165, 1.54) is 6.33 Å². The molecular weight excluding hydrogens is 793 g/mol. The van der Waals surface area contributed by atoms with Crippen LogP contribution in [0.3, 0.4) is 0 Å². The first-order chi connectivity index (χ1) is 30.9. The fourth-order valence-corrected chi connectivity index (χ4v) is 8.38. The maximum absolute atomic E-state index is 13.8. The van der Waals surface area contributed by atoms with Crippen molar-refractivity contribution in [3.05, 3.63) is 133 Å². The summed E-state index contributed by atoms with van der Waals surface area (Å²) in [4.78, 5) is 36.2.